The van der Waals surface area contributed by atoms with Gasteiger partial charge in [-0.3, -0.25) is 14.6 Å². The van der Waals surface area contributed by atoms with Crippen LogP contribution >= 0.6 is 0 Å². The molecule has 0 unspecified atom stereocenters. The Kier molecular flexibility index (Phi) is 5.01. The van der Waals surface area contributed by atoms with Crippen LogP contribution in [0, 0.1) is 5.82 Å². The number of aromatic carboxylic acids is 1. The van der Waals surface area contributed by atoms with Gasteiger partial charge in [-0.05, 0) is 30.3 Å². The first-order valence-electron chi connectivity index (χ1n) is 7.85. The van der Waals surface area contributed by atoms with Crippen LogP contribution in [0.3, 0.4) is 0 Å². The molecule has 1 aromatic heterocycles. The molecule has 0 bridgehead atoms. The number of carbonyl (C=O) groups is 3. The minimum absolute atomic E-state index is 0.182. The lowest BCUT2D eigenvalue weighted by molar-refractivity contribution is -0.138. The van der Waals surface area contributed by atoms with Crippen molar-refractivity contribution in [1.29, 1.82) is 0 Å². The van der Waals surface area contributed by atoms with E-state index in [4.69, 9.17) is 5.11 Å². The third kappa shape index (κ3) is 3.77. The summed E-state index contributed by atoms with van der Waals surface area (Å²) in [4.78, 5) is 37.2. The van der Waals surface area contributed by atoms with Gasteiger partial charge in [0, 0.05) is 6.20 Å². The summed E-state index contributed by atoms with van der Waals surface area (Å²) in [6, 6.07) is 3.09. The van der Waals surface area contributed by atoms with Gasteiger partial charge in [0.2, 0.25) is 0 Å². The van der Waals surface area contributed by atoms with E-state index in [0.29, 0.717) is 17.0 Å². The Bertz CT molecular complexity index is 1020. The van der Waals surface area contributed by atoms with E-state index in [1.807, 2.05) is 0 Å². The van der Waals surface area contributed by atoms with Crippen molar-refractivity contribution in [1.82, 2.24) is 15.1 Å². The maximum Gasteiger partial charge on any atom is 0.417 e. The zero-order valence-electron chi connectivity index (χ0n) is 14.2. The third-order valence-electron chi connectivity index (χ3n) is 3.87. The summed E-state index contributed by atoms with van der Waals surface area (Å²) in [5.41, 5.74) is -3.20. The average molecular weight is 410 g/mol. The predicted molar refractivity (Wildman–Crippen MR) is 88.4 cm³/mol. The fourth-order valence-corrected chi connectivity index (χ4v) is 2.55. The summed E-state index contributed by atoms with van der Waals surface area (Å²) in [7, 11) is 0. The van der Waals surface area contributed by atoms with Gasteiger partial charge in [0.25, 0.3) is 5.91 Å². The quantitative estimate of drug-likeness (QED) is 0.781. The molecule has 0 fully saturated rings. The summed E-state index contributed by atoms with van der Waals surface area (Å²) >= 11 is 0. The third-order valence-corrected chi connectivity index (χ3v) is 3.87. The highest BCUT2D eigenvalue weighted by Crippen LogP contribution is 2.34. The fourth-order valence-electron chi connectivity index (χ4n) is 2.55. The molecule has 0 saturated heterocycles. The molecular weight excluding hydrogens is 400 g/mol. The molecule has 0 saturated carbocycles. The highest BCUT2D eigenvalue weighted by atomic mass is 19.4. The Labute approximate surface area is 159 Å². The van der Waals surface area contributed by atoms with Crippen LogP contribution in [0.15, 0.2) is 42.6 Å². The lowest BCUT2D eigenvalue weighted by Crippen LogP contribution is -2.48. The number of carboxylic acid groups (broad SMARTS) is 1. The molecule has 12 heteroatoms. The maximum absolute atomic E-state index is 14.1. The van der Waals surface area contributed by atoms with Crippen molar-refractivity contribution < 1.29 is 37.1 Å². The van der Waals surface area contributed by atoms with E-state index in [0.717, 1.165) is 23.1 Å². The summed E-state index contributed by atoms with van der Waals surface area (Å²) in [5, 5.41) is 15.8. The zero-order valence-corrected chi connectivity index (χ0v) is 14.2. The average Bonchev–Trinajstić information content (AvgIpc) is 2.67. The van der Waals surface area contributed by atoms with Gasteiger partial charge in [-0.25, -0.2) is 14.0 Å². The molecule has 1 aromatic carbocycles. The summed E-state index contributed by atoms with van der Waals surface area (Å²) in [5.74, 6) is -4.45. The second-order valence-corrected chi connectivity index (χ2v) is 5.70. The summed E-state index contributed by atoms with van der Waals surface area (Å²) in [6.07, 6.45) is -2.57. The van der Waals surface area contributed by atoms with E-state index in [-0.39, 0.29) is 5.82 Å². The topological polar surface area (TPSA) is 104 Å². The predicted octanol–water partition coefficient (Wildman–Crippen LogP) is 2.93. The Hall–Kier alpha value is -3.83. The molecule has 0 aliphatic carbocycles. The van der Waals surface area contributed by atoms with E-state index >= 15 is 0 Å². The smallest absolute Gasteiger partial charge is 0.417 e. The summed E-state index contributed by atoms with van der Waals surface area (Å²) < 4.78 is 53.6. The molecule has 3 amide bonds. The van der Waals surface area contributed by atoms with Gasteiger partial charge < -0.3 is 5.11 Å². The van der Waals surface area contributed by atoms with Gasteiger partial charge in [-0.2, -0.15) is 13.2 Å². The van der Waals surface area contributed by atoms with Crippen LogP contribution in [-0.2, 0) is 6.18 Å². The summed E-state index contributed by atoms with van der Waals surface area (Å²) in [6.45, 7) is -0.402. The van der Waals surface area contributed by atoms with Crippen molar-refractivity contribution in [2.45, 2.75) is 6.18 Å². The van der Waals surface area contributed by atoms with Gasteiger partial charge in [0.15, 0.2) is 11.5 Å². The monoisotopic (exact) mass is 410 g/mol. The standard InChI is InChI=1S/C17H10F4N4O4/c18-10-4-1-3-9(17(19,20)21)13(10)14(26)25-8-2-7-24(16(25)29)12-6-5-11(15(27)28)22-23-12/h1-7H,8H2,(H,27,28). The molecule has 1 aliphatic heterocycles. The van der Waals surface area contributed by atoms with E-state index in [9.17, 15) is 31.9 Å². The van der Waals surface area contributed by atoms with Crippen LogP contribution in [0.5, 0.6) is 0 Å². The van der Waals surface area contributed by atoms with Crippen LogP contribution in [-0.4, -0.2) is 44.7 Å². The first kappa shape index (κ1) is 19.9. The molecule has 3 rings (SSSR count). The molecule has 2 heterocycles. The molecule has 8 nitrogen and oxygen atoms in total. The van der Waals surface area contributed by atoms with E-state index in [2.05, 4.69) is 10.2 Å². The number of amides is 3. The number of rotatable bonds is 3. The fraction of sp³-hybridized carbons (Fsp3) is 0.118. The number of carboxylic acids is 1. The number of urea groups is 1. The van der Waals surface area contributed by atoms with Crippen molar-refractivity contribution in [2.75, 3.05) is 11.4 Å². The molecular formula is C17H10F4N4O4. The lowest BCUT2D eigenvalue weighted by atomic mass is 10.0. The molecule has 150 valence electrons. The number of imide groups is 1. The van der Waals surface area contributed by atoms with Crippen LogP contribution < -0.4 is 4.90 Å². The second-order valence-electron chi connectivity index (χ2n) is 5.70. The number of hydrogen-bond donors (Lipinski definition) is 1. The first-order chi connectivity index (χ1) is 13.6. The van der Waals surface area contributed by atoms with E-state index in [1.165, 1.54) is 12.3 Å². The molecule has 1 N–H and O–H groups in total. The Morgan fingerprint density at radius 3 is 2.41 bits per heavy atom. The van der Waals surface area contributed by atoms with Gasteiger partial charge in [-0.1, -0.05) is 6.07 Å². The number of aromatic nitrogens is 2. The molecule has 0 spiro atoms. The molecule has 1 aliphatic rings. The minimum Gasteiger partial charge on any atom is -0.476 e. The van der Waals surface area contributed by atoms with Gasteiger partial charge in [0.05, 0.1) is 17.7 Å². The van der Waals surface area contributed by atoms with Gasteiger partial charge >= 0.3 is 18.2 Å². The van der Waals surface area contributed by atoms with Crippen molar-refractivity contribution in [3.63, 3.8) is 0 Å². The normalized spacial score (nSPS) is 14.3. The minimum atomic E-state index is -5.01. The largest absolute Gasteiger partial charge is 0.476 e. The van der Waals surface area contributed by atoms with Crippen LogP contribution in [0.4, 0.5) is 28.2 Å². The van der Waals surface area contributed by atoms with Gasteiger partial charge in [0.1, 0.15) is 5.82 Å². The molecule has 2 aromatic rings. The highest BCUT2D eigenvalue weighted by molar-refractivity contribution is 6.10. The Morgan fingerprint density at radius 2 is 1.83 bits per heavy atom. The number of anilines is 1. The Balaban J connectivity index is 1.95. The number of alkyl halides is 3. The van der Waals surface area contributed by atoms with Crippen molar-refractivity contribution in [2.24, 2.45) is 0 Å². The van der Waals surface area contributed by atoms with Crippen LogP contribution in [0.25, 0.3) is 0 Å². The van der Waals surface area contributed by atoms with Crippen molar-refractivity contribution in [3.05, 3.63) is 65.2 Å². The Morgan fingerprint density at radius 1 is 1.10 bits per heavy atom. The van der Waals surface area contributed by atoms with E-state index in [1.54, 1.807) is 0 Å². The maximum atomic E-state index is 14.1. The number of carbonyl (C=O) groups excluding carboxylic acids is 2. The number of nitrogens with zero attached hydrogens (tertiary/aromatic N) is 4. The lowest BCUT2D eigenvalue weighted by Gasteiger charge is -2.29. The molecule has 0 atom stereocenters. The highest BCUT2D eigenvalue weighted by Gasteiger charge is 2.40. The number of hydrogen-bond acceptors (Lipinski definition) is 5. The van der Waals surface area contributed by atoms with Gasteiger partial charge in [-0.15, -0.1) is 10.2 Å². The van der Waals surface area contributed by atoms with Crippen LogP contribution in [0.1, 0.15) is 26.4 Å². The molecule has 0 radical (unpaired) electrons. The first-order valence-corrected chi connectivity index (χ1v) is 7.85. The number of benzene rings is 1. The van der Waals surface area contributed by atoms with Crippen molar-refractivity contribution in [3.8, 4) is 0 Å². The van der Waals surface area contributed by atoms with Crippen LogP contribution in [0.2, 0.25) is 0 Å². The number of halogens is 4. The van der Waals surface area contributed by atoms with Crippen molar-refractivity contribution >= 4 is 23.7 Å². The zero-order chi connectivity index (χ0) is 21.3. The molecule has 29 heavy (non-hydrogen) atoms. The SMILES string of the molecule is O=C(O)c1ccc(N2C=CCN(C(=O)c3c(F)cccc3C(F)(F)F)C2=O)nn1. The van der Waals surface area contributed by atoms with E-state index < -0.39 is 53.3 Å². The second kappa shape index (κ2) is 7.30.